The summed E-state index contributed by atoms with van der Waals surface area (Å²) in [6.07, 6.45) is 1.07. The molecule has 2 aromatic rings. The highest BCUT2D eigenvalue weighted by molar-refractivity contribution is 5.80. The molecule has 0 bridgehead atoms. The molecule has 1 aliphatic rings. The molecule has 0 spiro atoms. The van der Waals surface area contributed by atoms with E-state index in [0.717, 1.165) is 55.0 Å². The fourth-order valence-electron chi connectivity index (χ4n) is 3.69. The molecule has 168 valence electrons. The van der Waals surface area contributed by atoms with Crippen LogP contribution in [-0.4, -0.2) is 70.3 Å². The third-order valence-electron chi connectivity index (χ3n) is 5.34. The van der Waals surface area contributed by atoms with Gasteiger partial charge in [-0.1, -0.05) is 6.07 Å². The molecule has 3 rings (SSSR count). The summed E-state index contributed by atoms with van der Waals surface area (Å²) >= 11 is 0. The highest BCUT2D eigenvalue weighted by Gasteiger charge is 2.23. The number of pyridine rings is 1. The maximum absolute atomic E-state index is 5.39. The number of hydrogen-bond donors (Lipinski definition) is 2. The van der Waals surface area contributed by atoms with Crippen LogP contribution in [0.4, 0.5) is 5.82 Å². The van der Waals surface area contributed by atoms with Crippen molar-refractivity contribution in [2.45, 2.75) is 25.6 Å². The van der Waals surface area contributed by atoms with Crippen molar-refractivity contribution >= 4 is 11.8 Å². The maximum atomic E-state index is 5.39. The number of nitrogens with zero attached hydrogens (tertiary/aromatic N) is 4. The standard InChI is InChI=1S/C23H34N6O2/c1-24-23(25-14-18-7-6-8-22(26-18)28(2)3)27-19-9-10-29(16-19)15-17-11-20(30-4)13-21(12-17)31-5/h6-8,11-13,19H,9-10,14-16H2,1-5H3,(H2,24,25,27). The molecule has 2 heterocycles. The topological polar surface area (TPSA) is 74.3 Å². The van der Waals surface area contributed by atoms with Crippen molar-refractivity contribution in [3.8, 4) is 11.5 Å². The molecule has 0 aliphatic carbocycles. The van der Waals surface area contributed by atoms with E-state index in [1.54, 1.807) is 21.3 Å². The summed E-state index contributed by atoms with van der Waals surface area (Å²) in [5.74, 6) is 3.38. The van der Waals surface area contributed by atoms with E-state index in [1.165, 1.54) is 5.56 Å². The van der Waals surface area contributed by atoms with E-state index < -0.39 is 0 Å². The molecule has 1 saturated heterocycles. The normalized spacial score (nSPS) is 16.8. The lowest BCUT2D eigenvalue weighted by molar-refractivity contribution is 0.321. The van der Waals surface area contributed by atoms with E-state index in [0.29, 0.717) is 12.6 Å². The zero-order chi connectivity index (χ0) is 22.2. The number of aliphatic imine (C=N–C) groups is 1. The summed E-state index contributed by atoms with van der Waals surface area (Å²) in [5.41, 5.74) is 2.17. The van der Waals surface area contributed by atoms with E-state index in [9.17, 15) is 0 Å². The van der Waals surface area contributed by atoms with E-state index >= 15 is 0 Å². The van der Waals surface area contributed by atoms with Gasteiger partial charge >= 0.3 is 0 Å². The Balaban J connectivity index is 1.51. The Morgan fingerprint density at radius 2 is 1.94 bits per heavy atom. The lowest BCUT2D eigenvalue weighted by Crippen LogP contribution is -2.44. The summed E-state index contributed by atoms with van der Waals surface area (Å²) in [6.45, 7) is 3.47. The molecule has 0 radical (unpaired) electrons. The Labute approximate surface area is 185 Å². The quantitative estimate of drug-likeness (QED) is 0.495. The van der Waals surface area contributed by atoms with Crippen molar-refractivity contribution in [3.63, 3.8) is 0 Å². The van der Waals surface area contributed by atoms with Crippen molar-refractivity contribution in [1.82, 2.24) is 20.5 Å². The summed E-state index contributed by atoms with van der Waals surface area (Å²) in [5, 5.41) is 6.92. The van der Waals surface area contributed by atoms with Crippen molar-refractivity contribution in [3.05, 3.63) is 47.7 Å². The lowest BCUT2D eigenvalue weighted by atomic mass is 10.2. The first-order valence-corrected chi connectivity index (χ1v) is 10.6. The Bertz CT molecular complexity index is 864. The van der Waals surface area contributed by atoms with Crippen LogP contribution in [0, 0.1) is 0 Å². The molecule has 1 aliphatic heterocycles. The minimum Gasteiger partial charge on any atom is -0.497 e. The van der Waals surface area contributed by atoms with Gasteiger partial charge in [0, 0.05) is 52.9 Å². The third kappa shape index (κ3) is 6.49. The second-order valence-corrected chi connectivity index (χ2v) is 7.89. The Morgan fingerprint density at radius 1 is 1.19 bits per heavy atom. The molecule has 31 heavy (non-hydrogen) atoms. The lowest BCUT2D eigenvalue weighted by Gasteiger charge is -2.19. The molecule has 1 fully saturated rings. The maximum Gasteiger partial charge on any atom is 0.191 e. The van der Waals surface area contributed by atoms with Crippen molar-refractivity contribution in [2.24, 2.45) is 4.99 Å². The highest BCUT2D eigenvalue weighted by atomic mass is 16.5. The first-order chi connectivity index (χ1) is 15.0. The number of aromatic nitrogens is 1. The van der Waals surface area contributed by atoms with Crippen LogP contribution < -0.4 is 25.0 Å². The third-order valence-corrected chi connectivity index (χ3v) is 5.34. The van der Waals surface area contributed by atoms with Crippen LogP contribution in [0.3, 0.4) is 0 Å². The number of anilines is 1. The SMILES string of the molecule is CN=C(NCc1cccc(N(C)C)n1)NC1CCN(Cc2cc(OC)cc(OC)c2)C1. The summed E-state index contributed by atoms with van der Waals surface area (Å²) in [7, 11) is 9.15. The zero-order valence-corrected chi connectivity index (χ0v) is 19.2. The number of guanidine groups is 1. The van der Waals surface area contributed by atoms with Gasteiger partial charge in [0.25, 0.3) is 0 Å². The van der Waals surface area contributed by atoms with E-state index in [2.05, 4.69) is 37.6 Å². The van der Waals surface area contributed by atoms with Crippen LogP contribution in [0.5, 0.6) is 11.5 Å². The average Bonchev–Trinajstić information content (AvgIpc) is 3.22. The van der Waals surface area contributed by atoms with E-state index in [4.69, 9.17) is 9.47 Å². The number of nitrogens with one attached hydrogen (secondary N) is 2. The van der Waals surface area contributed by atoms with Crippen LogP contribution in [0.1, 0.15) is 17.7 Å². The van der Waals surface area contributed by atoms with Gasteiger partial charge in [0.05, 0.1) is 26.5 Å². The van der Waals surface area contributed by atoms with Crippen LogP contribution in [-0.2, 0) is 13.1 Å². The number of rotatable bonds is 8. The minimum atomic E-state index is 0.347. The van der Waals surface area contributed by atoms with Crippen molar-refractivity contribution in [2.75, 3.05) is 53.4 Å². The predicted octanol–water partition coefficient (Wildman–Crippen LogP) is 2.10. The average molecular weight is 427 g/mol. The molecule has 1 atom stereocenters. The molecule has 1 aromatic heterocycles. The summed E-state index contributed by atoms with van der Waals surface area (Å²) < 4.78 is 10.8. The second-order valence-electron chi connectivity index (χ2n) is 7.89. The molecule has 0 saturated carbocycles. The summed E-state index contributed by atoms with van der Waals surface area (Å²) in [4.78, 5) is 13.5. The van der Waals surface area contributed by atoms with Gasteiger partial charge in [-0.2, -0.15) is 0 Å². The second kappa shape index (κ2) is 10.9. The van der Waals surface area contributed by atoms with Gasteiger partial charge in [-0.3, -0.25) is 9.89 Å². The molecule has 1 aromatic carbocycles. The van der Waals surface area contributed by atoms with Crippen molar-refractivity contribution in [1.29, 1.82) is 0 Å². The van der Waals surface area contributed by atoms with Crippen LogP contribution >= 0.6 is 0 Å². The first kappa shape index (κ1) is 22.7. The number of benzene rings is 1. The smallest absolute Gasteiger partial charge is 0.191 e. The van der Waals surface area contributed by atoms with Gasteiger partial charge in [0.2, 0.25) is 0 Å². The molecule has 2 N–H and O–H groups in total. The zero-order valence-electron chi connectivity index (χ0n) is 19.2. The van der Waals surface area contributed by atoms with Crippen LogP contribution in [0.15, 0.2) is 41.4 Å². The number of likely N-dealkylation sites (tertiary alicyclic amines) is 1. The van der Waals surface area contributed by atoms with Gasteiger partial charge in [-0.15, -0.1) is 0 Å². The van der Waals surface area contributed by atoms with Crippen LogP contribution in [0.25, 0.3) is 0 Å². The van der Waals surface area contributed by atoms with Crippen molar-refractivity contribution < 1.29 is 9.47 Å². The molecular weight excluding hydrogens is 392 g/mol. The molecular formula is C23H34N6O2. The van der Waals surface area contributed by atoms with Gasteiger partial charge < -0.3 is 25.0 Å². The Hall–Kier alpha value is -3.00. The largest absolute Gasteiger partial charge is 0.497 e. The first-order valence-electron chi connectivity index (χ1n) is 10.6. The number of hydrogen-bond acceptors (Lipinski definition) is 6. The van der Waals surface area contributed by atoms with Gasteiger partial charge in [0.1, 0.15) is 17.3 Å². The van der Waals surface area contributed by atoms with Gasteiger partial charge in [0.15, 0.2) is 5.96 Å². The highest BCUT2D eigenvalue weighted by Crippen LogP contribution is 2.24. The predicted molar refractivity (Wildman–Crippen MR) is 125 cm³/mol. The summed E-state index contributed by atoms with van der Waals surface area (Å²) in [6, 6.07) is 12.4. The molecule has 8 nitrogen and oxygen atoms in total. The fraction of sp³-hybridized carbons (Fsp3) is 0.478. The number of methoxy groups -OCH3 is 2. The Morgan fingerprint density at radius 3 is 2.58 bits per heavy atom. The Kier molecular flexibility index (Phi) is 7.94. The fourth-order valence-corrected chi connectivity index (χ4v) is 3.69. The molecule has 0 amide bonds. The minimum absolute atomic E-state index is 0.347. The monoisotopic (exact) mass is 426 g/mol. The van der Waals surface area contributed by atoms with Gasteiger partial charge in [-0.25, -0.2) is 4.98 Å². The van der Waals surface area contributed by atoms with Gasteiger partial charge in [-0.05, 0) is 36.2 Å². The van der Waals surface area contributed by atoms with E-state index in [-0.39, 0.29) is 0 Å². The van der Waals surface area contributed by atoms with Crippen LogP contribution in [0.2, 0.25) is 0 Å². The molecule has 8 heteroatoms. The number of ether oxygens (including phenoxy) is 2. The molecule has 1 unspecified atom stereocenters. The van der Waals surface area contributed by atoms with E-state index in [1.807, 2.05) is 43.3 Å².